The molecule has 0 aliphatic carbocycles. The SMILES string of the molecule is C.C/C=C/C(C)C.CC(C)C.CCCC(C)C. The molecule has 0 spiro atoms. The molecule has 0 bridgehead atoms. The fraction of sp³-hybridized carbons (Fsp3) is 0.882. The van der Waals surface area contributed by atoms with E-state index in [2.05, 4.69) is 67.5 Å². The largest absolute Gasteiger partial charge is 0.0914 e. The quantitative estimate of drug-likeness (QED) is 0.471. The van der Waals surface area contributed by atoms with Crippen LogP contribution in [-0.2, 0) is 0 Å². The summed E-state index contributed by atoms with van der Waals surface area (Å²) in [5.41, 5.74) is 0. The minimum Gasteiger partial charge on any atom is -0.0914 e. The molecular weight excluding hydrogens is 204 g/mol. The highest BCUT2D eigenvalue weighted by molar-refractivity contribution is 4.79. The maximum absolute atomic E-state index is 2.25. The van der Waals surface area contributed by atoms with Crippen molar-refractivity contribution in [1.29, 1.82) is 0 Å². The molecule has 0 rings (SSSR count). The van der Waals surface area contributed by atoms with Gasteiger partial charge in [-0.25, -0.2) is 0 Å². The van der Waals surface area contributed by atoms with Gasteiger partial charge >= 0.3 is 0 Å². The van der Waals surface area contributed by atoms with Gasteiger partial charge in [0.15, 0.2) is 0 Å². The van der Waals surface area contributed by atoms with Crippen LogP contribution >= 0.6 is 0 Å². The molecule has 0 aromatic carbocycles. The maximum atomic E-state index is 2.25. The molecule has 0 radical (unpaired) electrons. The Kier molecular flexibility index (Phi) is 31.7. The van der Waals surface area contributed by atoms with Crippen molar-refractivity contribution in [2.45, 2.75) is 82.6 Å². The van der Waals surface area contributed by atoms with E-state index in [9.17, 15) is 0 Å². The highest BCUT2D eigenvalue weighted by Crippen LogP contribution is 2.00. The summed E-state index contributed by atoms with van der Waals surface area (Å²) >= 11 is 0. The van der Waals surface area contributed by atoms with Crippen molar-refractivity contribution in [3.05, 3.63) is 12.2 Å². The van der Waals surface area contributed by atoms with Crippen molar-refractivity contribution in [3.8, 4) is 0 Å². The number of hydrogen-bond acceptors (Lipinski definition) is 0. The van der Waals surface area contributed by atoms with Gasteiger partial charge in [0.2, 0.25) is 0 Å². The fourth-order valence-corrected chi connectivity index (χ4v) is 0.962. The van der Waals surface area contributed by atoms with Crippen LogP contribution in [0.4, 0.5) is 0 Å². The van der Waals surface area contributed by atoms with Crippen LogP contribution in [0.1, 0.15) is 82.6 Å². The first-order valence-electron chi connectivity index (χ1n) is 6.90. The zero-order chi connectivity index (χ0) is 13.6. The van der Waals surface area contributed by atoms with Crippen molar-refractivity contribution >= 4 is 0 Å². The summed E-state index contributed by atoms with van der Waals surface area (Å²) in [6, 6.07) is 0. The molecule has 0 N–H and O–H groups in total. The molecule has 0 nitrogen and oxygen atoms in total. The van der Waals surface area contributed by atoms with Gasteiger partial charge in [-0.05, 0) is 24.7 Å². The third-order valence-corrected chi connectivity index (χ3v) is 1.44. The van der Waals surface area contributed by atoms with Crippen LogP contribution in [0.3, 0.4) is 0 Å². The predicted molar refractivity (Wildman–Crippen MR) is 86.6 cm³/mol. The topological polar surface area (TPSA) is 0 Å². The first-order valence-corrected chi connectivity index (χ1v) is 6.90. The van der Waals surface area contributed by atoms with Gasteiger partial charge in [-0.3, -0.25) is 0 Å². The summed E-state index contributed by atoms with van der Waals surface area (Å²) in [4.78, 5) is 0. The first-order chi connectivity index (χ1) is 7.27. The van der Waals surface area contributed by atoms with Gasteiger partial charge in [0.1, 0.15) is 0 Å². The van der Waals surface area contributed by atoms with Crippen LogP contribution in [0.2, 0.25) is 0 Å². The molecule has 17 heavy (non-hydrogen) atoms. The molecule has 0 unspecified atom stereocenters. The Labute approximate surface area is 113 Å². The van der Waals surface area contributed by atoms with E-state index in [1.54, 1.807) is 0 Å². The first kappa shape index (κ1) is 25.6. The Morgan fingerprint density at radius 3 is 1.24 bits per heavy atom. The average Bonchev–Trinajstić information content (AvgIpc) is 2.02. The van der Waals surface area contributed by atoms with Crippen molar-refractivity contribution in [2.24, 2.45) is 17.8 Å². The normalized spacial score (nSPS) is 9.65. The molecular formula is C17H40. The number of hydrogen-bond donors (Lipinski definition) is 0. The summed E-state index contributed by atoms with van der Waals surface area (Å²) < 4.78 is 0. The van der Waals surface area contributed by atoms with E-state index >= 15 is 0 Å². The smallest absolute Gasteiger partial charge is 0.0291 e. The standard InChI is InChI=1S/C6H14.C6H12.C4H10.CH4/c2*1-4-5-6(2)3;1-4(2)3;/h6H,4-5H2,1-3H3;4-6H,1-3H3;4H,1-3H3;1H4/b;5-4+;;. The summed E-state index contributed by atoms with van der Waals surface area (Å²) in [6.07, 6.45) is 6.95. The van der Waals surface area contributed by atoms with Gasteiger partial charge in [0.05, 0.1) is 0 Å². The van der Waals surface area contributed by atoms with Crippen molar-refractivity contribution in [1.82, 2.24) is 0 Å². The molecule has 108 valence electrons. The van der Waals surface area contributed by atoms with Gasteiger partial charge < -0.3 is 0 Å². The summed E-state index contributed by atoms with van der Waals surface area (Å²) in [5.74, 6) is 2.45. The Morgan fingerprint density at radius 1 is 0.882 bits per heavy atom. The third-order valence-electron chi connectivity index (χ3n) is 1.44. The lowest BCUT2D eigenvalue weighted by atomic mass is 10.1. The minimum atomic E-state index is 0. The minimum absolute atomic E-state index is 0. The summed E-state index contributed by atoms with van der Waals surface area (Å²) in [7, 11) is 0. The van der Waals surface area contributed by atoms with Crippen molar-refractivity contribution in [3.63, 3.8) is 0 Å². The molecule has 0 heteroatoms. The maximum Gasteiger partial charge on any atom is -0.0291 e. The zero-order valence-corrected chi connectivity index (χ0v) is 13.3. The van der Waals surface area contributed by atoms with Crippen molar-refractivity contribution in [2.75, 3.05) is 0 Å². The average molecular weight is 245 g/mol. The van der Waals surface area contributed by atoms with Gasteiger partial charge in [0, 0.05) is 0 Å². The second-order valence-electron chi connectivity index (χ2n) is 5.68. The van der Waals surface area contributed by atoms with Crippen LogP contribution < -0.4 is 0 Å². The third kappa shape index (κ3) is 90.2. The second kappa shape index (κ2) is 21.1. The fourth-order valence-electron chi connectivity index (χ4n) is 0.962. The van der Waals surface area contributed by atoms with E-state index < -0.39 is 0 Å². The predicted octanol–water partition coefficient (Wildman–Crippen LogP) is 6.96. The summed E-state index contributed by atoms with van der Waals surface area (Å²) in [5, 5.41) is 0. The lowest BCUT2D eigenvalue weighted by molar-refractivity contribution is 0.576. The van der Waals surface area contributed by atoms with Gasteiger partial charge in [-0.1, -0.05) is 87.8 Å². The molecule has 0 saturated carbocycles. The molecule has 0 aromatic rings. The van der Waals surface area contributed by atoms with E-state index in [4.69, 9.17) is 0 Å². The van der Waals surface area contributed by atoms with Crippen LogP contribution in [-0.4, -0.2) is 0 Å². The highest BCUT2D eigenvalue weighted by Gasteiger charge is 1.85. The van der Waals surface area contributed by atoms with E-state index in [0.717, 1.165) is 17.8 Å². The second-order valence-corrected chi connectivity index (χ2v) is 5.68. The molecule has 0 atom stereocenters. The number of rotatable bonds is 3. The van der Waals surface area contributed by atoms with E-state index in [1.807, 2.05) is 6.92 Å². The van der Waals surface area contributed by atoms with E-state index in [1.165, 1.54) is 12.8 Å². The molecule has 0 amide bonds. The molecule has 0 saturated heterocycles. The molecule has 0 aromatic heterocycles. The molecule has 0 heterocycles. The van der Waals surface area contributed by atoms with Crippen LogP contribution in [0, 0.1) is 17.8 Å². The number of allylic oxidation sites excluding steroid dienone is 2. The van der Waals surface area contributed by atoms with E-state index in [0.29, 0.717) is 0 Å². The van der Waals surface area contributed by atoms with Gasteiger partial charge in [0.25, 0.3) is 0 Å². The Bertz CT molecular complexity index is 115. The summed E-state index contributed by atoms with van der Waals surface area (Å²) in [6.45, 7) is 19.6. The molecule has 0 aliphatic heterocycles. The monoisotopic (exact) mass is 244 g/mol. The Morgan fingerprint density at radius 2 is 1.24 bits per heavy atom. The van der Waals surface area contributed by atoms with Crippen LogP contribution in [0.25, 0.3) is 0 Å². The molecule has 0 aliphatic rings. The lowest BCUT2D eigenvalue weighted by Gasteiger charge is -1.95. The van der Waals surface area contributed by atoms with Crippen molar-refractivity contribution < 1.29 is 0 Å². The molecule has 0 fully saturated rings. The highest BCUT2D eigenvalue weighted by atomic mass is 13.9. The zero-order valence-electron chi connectivity index (χ0n) is 13.3. The van der Waals surface area contributed by atoms with E-state index in [-0.39, 0.29) is 7.43 Å². The van der Waals surface area contributed by atoms with Crippen LogP contribution in [0.5, 0.6) is 0 Å². The van der Waals surface area contributed by atoms with Gasteiger partial charge in [-0.2, -0.15) is 0 Å². The van der Waals surface area contributed by atoms with Crippen LogP contribution in [0.15, 0.2) is 12.2 Å². The Hall–Kier alpha value is -0.260. The van der Waals surface area contributed by atoms with Gasteiger partial charge in [-0.15, -0.1) is 0 Å². The Balaban J connectivity index is -0.0000000741. The lowest BCUT2D eigenvalue weighted by Crippen LogP contribution is -1.81.